The van der Waals surface area contributed by atoms with Gasteiger partial charge in [-0.2, -0.15) is 0 Å². The second-order valence-electron chi connectivity index (χ2n) is 4.40. The number of carbonyl (C=O) groups excluding carboxylic acids is 2. The van der Waals surface area contributed by atoms with Crippen molar-refractivity contribution in [3.63, 3.8) is 0 Å². The van der Waals surface area contributed by atoms with Gasteiger partial charge in [-0.15, -0.1) is 11.3 Å². The first-order valence-corrected chi connectivity index (χ1v) is 7.54. The van der Waals surface area contributed by atoms with Gasteiger partial charge in [-0.05, 0) is 18.2 Å². The Morgan fingerprint density at radius 2 is 1.90 bits per heavy atom. The molecule has 1 amide bonds. The Morgan fingerprint density at radius 1 is 1.14 bits per heavy atom. The van der Waals surface area contributed by atoms with Crippen LogP contribution in [0.5, 0.6) is 0 Å². The van der Waals surface area contributed by atoms with Crippen LogP contribution >= 0.6 is 22.9 Å². The second-order valence-corrected chi connectivity index (χ2v) is 6.11. The Bertz CT molecular complexity index is 657. The van der Waals surface area contributed by atoms with Gasteiger partial charge in [0.15, 0.2) is 5.78 Å². The smallest absolute Gasteiger partial charge is 0.220 e. The topological polar surface area (TPSA) is 46.2 Å². The molecule has 0 aliphatic heterocycles. The molecule has 1 aromatic carbocycles. The molecule has 0 saturated carbocycles. The molecule has 3 nitrogen and oxygen atoms in total. The standard InChI is InChI=1S/C15H13ClFNO2S/c16-14-7-6-13(21-14)12(19)5-8-15(20)18-9-10-3-1-2-4-11(10)17/h1-4,6-7H,5,8-9H2,(H,18,20). The molecule has 2 aromatic rings. The summed E-state index contributed by atoms with van der Waals surface area (Å²) in [5.41, 5.74) is 0.419. The maximum Gasteiger partial charge on any atom is 0.220 e. The molecule has 0 spiro atoms. The van der Waals surface area contributed by atoms with E-state index in [9.17, 15) is 14.0 Å². The van der Waals surface area contributed by atoms with Gasteiger partial charge in [0.05, 0.1) is 9.21 Å². The lowest BCUT2D eigenvalue weighted by Gasteiger charge is -2.05. The molecule has 0 aliphatic carbocycles. The van der Waals surface area contributed by atoms with Crippen LogP contribution < -0.4 is 5.32 Å². The van der Waals surface area contributed by atoms with Gasteiger partial charge in [-0.25, -0.2) is 4.39 Å². The van der Waals surface area contributed by atoms with E-state index in [0.29, 0.717) is 14.8 Å². The molecule has 1 aromatic heterocycles. The maximum atomic E-state index is 13.4. The number of carbonyl (C=O) groups is 2. The molecule has 1 N–H and O–H groups in total. The lowest BCUT2D eigenvalue weighted by molar-refractivity contribution is -0.121. The van der Waals surface area contributed by atoms with Crippen molar-refractivity contribution in [2.24, 2.45) is 0 Å². The van der Waals surface area contributed by atoms with Gasteiger partial charge in [-0.1, -0.05) is 29.8 Å². The van der Waals surface area contributed by atoms with Crippen molar-refractivity contribution >= 4 is 34.6 Å². The molecule has 0 aliphatic rings. The predicted octanol–water partition coefficient (Wildman–Crippen LogP) is 3.82. The van der Waals surface area contributed by atoms with Gasteiger partial charge < -0.3 is 5.32 Å². The van der Waals surface area contributed by atoms with Crippen molar-refractivity contribution in [1.82, 2.24) is 5.32 Å². The van der Waals surface area contributed by atoms with Gasteiger partial charge in [0.2, 0.25) is 5.91 Å². The lowest BCUT2D eigenvalue weighted by atomic mass is 10.1. The van der Waals surface area contributed by atoms with Gasteiger partial charge >= 0.3 is 0 Å². The minimum Gasteiger partial charge on any atom is -0.352 e. The summed E-state index contributed by atoms with van der Waals surface area (Å²) in [6.45, 7) is 0.116. The lowest BCUT2D eigenvalue weighted by Crippen LogP contribution is -2.23. The highest BCUT2D eigenvalue weighted by molar-refractivity contribution is 7.18. The third kappa shape index (κ3) is 4.65. The fourth-order valence-electron chi connectivity index (χ4n) is 1.74. The average Bonchev–Trinajstić information content (AvgIpc) is 2.90. The first-order chi connectivity index (χ1) is 10.1. The van der Waals surface area contributed by atoms with Crippen LogP contribution in [0.3, 0.4) is 0 Å². The molecule has 0 bridgehead atoms. The summed E-state index contributed by atoms with van der Waals surface area (Å²) in [5.74, 6) is -0.760. The summed E-state index contributed by atoms with van der Waals surface area (Å²) in [7, 11) is 0. The third-order valence-electron chi connectivity index (χ3n) is 2.86. The fraction of sp³-hybridized carbons (Fsp3) is 0.200. The number of hydrogen-bond acceptors (Lipinski definition) is 3. The molecule has 0 unspecified atom stereocenters. The number of Topliss-reactive ketones (excluding diaryl/α,β-unsaturated/α-hetero) is 1. The maximum absolute atomic E-state index is 13.4. The first-order valence-electron chi connectivity index (χ1n) is 6.35. The van der Waals surface area contributed by atoms with Crippen molar-refractivity contribution in [3.8, 4) is 0 Å². The zero-order chi connectivity index (χ0) is 15.2. The number of halogens is 2. The monoisotopic (exact) mass is 325 g/mol. The highest BCUT2D eigenvalue weighted by Gasteiger charge is 2.11. The summed E-state index contributed by atoms with van der Waals surface area (Å²) in [4.78, 5) is 24.0. The van der Waals surface area contributed by atoms with Crippen molar-refractivity contribution in [3.05, 3.63) is 57.0 Å². The van der Waals surface area contributed by atoms with E-state index >= 15 is 0 Å². The molecule has 21 heavy (non-hydrogen) atoms. The molecular weight excluding hydrogens is 313 g/mol. The van der Waals surface area contributed by atoms with Crippen molar-refractivity contribution in [1.29, 1.82) is 0 Å². The molecule has 110 valence electrons. The summed E-state index contributed by atoms with van der Waals surface area (Å²) < 4.78 is 13.9. The van der Waals surface area contributed by atoms with Crippen LogP contribution in [-0.4, -0.2) is 11.7 Å². The van der Waals surface area contributed by atoms with Crippen LogP contribution in [-0.2, 0) is 11.3 Å². The van der Waals surface area contributed by atoms with E-state index < -0.39 is 0 Å². The van der Waals surface area contributed by atoms with E-state index in [2.05, 4.69) is 5.32 Å². The number of rotatable bonds is 6. The van der Waals surface area contributed by atoms with Crippen LogP contribution in [0.1, 0.15) is 28.1 Å². The number of ketones is 1. The Labute approximate surface area is 130 Å². The predicted molar refractivity (Wildman–Crippen MR) is 81.1 cm³/mol. The Balaban J connectivity index is 1.78. The van der Waals surface area contributed by atoms with Crippen molar-refractivity contribution in [2.45, 2.75) is 19.4 Å². The number of hydrogen-bond donors (Lipinski definition) is 1. The second kappa shape index (κ2) is 7.33. The van der Waals surface area contributed by atoms with E-state index in [0.717, 1.165) is 0 Å². The van der Waals surface area contributed by atoms with E-state index in [-0.39, 0.29) is 36.9 Å². The Morgan fingerprint density at radius 3 is 2.57 bits per heavy atom. The van der Waals surface area contributed by atoms with Crippen LogP contribution in [0, 0.1) is 5.82 Å². The molecular formula is C15H13ClFNO2S. The molecule has 2 rings (SSSR count). The zero-order valence-corrected chi connectivity index (χ0v) is 12.6. The van der Waals surface area contributed by atoms with Crippen LogP contribution in [0.4, 0.5) is 4.39 Å². The van der Waals surface area contributed by atoms with Gasteiger partial charge in [-0.3, -0.25) is 9.59 Å². The number of thiophene rings is 1. The quantitative estimate of drug-likeness (QED) is 0.821. The van der Waals surface area contributed by atoms with E-state index in [1.54, 1.807) is 30.3 Å². The molecule has 0 fully saturated rings. The minimum absolute atomic E-state index is 0.0722. The Hall–Kier alpha value is -1.72. The fourth-order valence-corrected chi connectivity index (χ4v) is 2.75. The summed E-state index contributed by atoms with van der Waals surface area (Å²) >= 11 is 6.95. The number of amides is 1. The number of benzene rings is 1. The summed E-state index contributed by atoms with van der Waals surface area (Å²) in [6, 6.07) is 9.53. The summed E-state index contributed by atoms with van der Waals surface area (Å²) in [6.07, 6.45) is 0.183. The zero-order valence-electron chi connectivity index (χ0n) is 11.1. The van der Waals surface area contributed by atoms with Crippen molar-refractivity contribution < 1.29 is 14.0 Å². The van der Waals surface area contributed by atoms with Crippen LogP contribution in [0.2, 0.25) is 4.34 Å². The first kappa shape index (κ1) is 15.7. The molecule has 0 saturated heterocycles. The van der Waals surface area contributed by atoms with Crippen LogP contribution in [0.15, 0.2) is 36.4 Å². The average molecular weight is 326 g/mol. The van der Waals surface area contributed by atoms with E-state index in [1.165, 1.54) is 17.4 Å². The highest BCUT2D eigenvalue weighted by Crippen LogP contribution is 2.22. The van der Waals surface area contributed by atoms with Crippen LogP contribution in [0.25, 0.3) is 0 Å². The summed E-state index contributed by atoms with van der Waals surface area (Å²) in [5, 5.41) is 2.60. The SMILES string of the molecule is O=C(CCC(=O)c1ccc(Cl)s1)NCc1ccccc1F. The molecule has 0 atom stereocenters. The molecule has 0 radical (unpaired) electrons. The Kier molecular flexibility index (Phi) is 5.47. The van der Waals surface area contributed by atoms with E-state index in [1.807, 2.05) is 0 Å². The third-order valence-corrected chi connectivity index (χ3v) is 4.13. The van der Waals surface area contributed by atoms with Gasteiger partial charge in [0, 0.05) is 24.9 Å². The molecule has 1 heterocycles. The molecule has 6 heteroatoms. The highest BCUT2D eigenvalue weighted by atomic mass is 35.5. The minimum atomic E-state index is -0.359. The normalized spacial score (nSPS) is 10.4. The van der Waals surface area contributed by atoms with Gasteiger partial charge in [0.1, 0.15) is 5.82 Å². The largest absolute Gasteiger partial charge is 0.352 e. The van der Waals surface area contributed by atoms with Gasteiger partial charge in [0.25, 0.3) is 0 Å². The number of nitrogens with one attached hydrogen (secondary N) is 1. The van der Waals surface area contributed by atoms with Crippen molar-refractivity contribution in [2.75, 3.05) is 0 Å². The van der Waals surface area contributed by atoms with E-state index in [4.69, 9.17) is 11.6 Å².